The van der Waals surface area contributed by atoms with Crippen molar-refractivity contribution in [2.45, 2.75) is 57.9 Å². The Bertz CT molecular complexity index is 605. The van der Waals surface area contributed by atoms with Gasteiger partial charge < -0.3 is 15.4 Å². The smallest absolute Gasteiger partial charge is 0.317 e. The van der Waals surface area contributed by atoms with E-state index in [-0.39, 0.29) is 18.3 Å². The minimum absolute atomic E-state index is 0.0537. The number of carbonyl (C=O) groups is 1. The van der Waals surface area contributed by atoms with Gasteiger partial charge in [0.05, 0.1) is 0 Å². The van der Waals surface area contributed by atoms with E-state index in [9.17, 15) is 4.79 Å². The molecule has 2 amide bonds. The molecule has 4 bridgehead atoms. The second-order valence-electron chi connectivity index (χ2n) is 8.32. The van der Waals surface area contributed by atoms with Crippen molar-refractivity contribution < 1.29 is 9.53 Å². The third kappa shape index (κ3) is 2.99. The van der Waals surface area contributed by atoms with Crippen LogP contribution in [0.15, 0.2) is 18.2 Å². The number of urea groups is 1. The van der Waals surface area contributed by atoms with E-state index in [0.717, 1.165) is 29.1 Å². The van der Waals surface area contributed by atoms with Crippen molar-refractivity contribution in [3.05, 3.63) is 29.3 Å². The molecule has 4 saturated carbocycles. The highest BCUT2D eigenvalue weighted by Gasteiger charge is 2.51. The summed E-state index contributed by atoms with van der Waals surface area (Å²) >= 11 is 0. The van der Waals surface area contributed by atoms with E-state index in [1.165, 1.54) is 44.1 Å². The Hall–Kier alpha value is -1.71. The first-order valence-corrected chi connectivity index (χ1v) is 9.28. The topological polar surface area (TPSA) is 50.4 Å². The van der Waals surface area contributed by atoms with Gasteiger partial charge >= 0.3 is 6.03 Å². The number of rotatable bonds is 4. The van der Waals surface area contributed by atoms with Gasteiger partial charge in [0.15, 0.2) is 6.73 Å². The van der Waals surface area contributed by atoms with Crippen LogP contribution in [-0.4, -0.2) is 18.3 Å². The van der Waals surface area contributed by atoms with Crippen LogP contribution in [0.5, 0.6) is 5.75 Å². The molecule has 0 saturated heterocycles. The summed E-state index contributed by atoms with van der Waals surface area (Å²) in [4.78, 5) is 12.4. The number of benzene rings is 1. The van der Waals surface area contributed by atoms with Crippen LogP contribution >= 0.6 is 0 Å². The third-order valence-electron chi connectivity index (χ3n) is 6.43. The number of nitrogens with one attached hydrogen (secondary N) is 2. The normalized spacial score (nSPS) is 33.3. The summed E-state index contributed by atoms with van der Waals surface area (Å²) in [7, 11) is 0. The molecule has 1 aromatic carbocycles. The van der Waals surface area contributed by atoms with Crippen LogP contribution in [0.25, 0.3) is 0 Å². The van der Waals surface area contributed by atoms with Crippen LogP contribution in [0.2, 0.25) is 0 Å². The largest absolute Gasteiger partial charge is 0.473 e. The predicted octanol–water partition coefficient (Wildman–Crippen LogP) is 3.91. The van der Waals surface area contributed by atoms with Crippen LogP contribution in [0.3, 0.4) is 0 Å². The minimum Gasteiger partial charge on any atom is -0.473 e. The molecular formula is C20H28N2O2. The fraction of sp³-hybridized carbons (Fsp3) is 0.650. The van der Waals surface area contributed by atoms with Gasteiger partial charge in [0, 0.05) is 5.54 Å². The van der Waals surface area contributed by atoms with Gasteiger partial charge in [-0.15, -0.1) is 0 Å². The molecule has 4 fully saturated rings. The number of hydrogen-bond donors (Lipinski definition) is 2. The molecule has 5 rings (SSSR count). The van der Waals surface area contributed by atoms with Gasteiger partial charge in [-0.25, -0.2) is 4.79 Å². The monoisotopic (exact) mass is 328 g/mol. The highest BCUT2D eigenvalue weighted by molar-refractivity contribution is 5.74. The van der Waals surface area contributed by atoms with Crippen LogP contribution in [0.1, 0.15) is 49.7 Å². The highest BCUT2D eigenvalue weighted by atomic mass is 16.5. The van der Waals surface area contributed by atoms with E-state index in [0.29, 0.717) is 0 Å². The molecule has 0 atom stereocenters. The lowest BCUT2D eigenvalue weighted by atomic mass is 9.53. The van der Waals surface area contributed by atoms with Crippen molar-refractivity contribution in [1.82, 2.24) is 10.6 Å². The van der Waals surface area contributed by atoms with Crippen molar-refractivity contribution >= 4 is 6.03 Å². The summed E-state index contributed by atoms with van der Waals surface area (Å²) in [5.74, 6) is 3.35. The zero-order valence-electron chi connectivity index (χ0n) is 14.7. The first-order valence-electron chi connectivity index (χ1n) is 9.28. The minimum atomic E-state index is -0.0812. The van der Waals surface area contributed by atoms with Crippen molar-refractivity contribution in [2.24, 2.45) is 17.8 Å². The summed E-state index contributed by atoms with van der Waals surface area (Å²) in [6.07, 6.45) is 7.67. The molecule has 0 aromatic heterocycles. The summed E-state index contributed by atoms with van der Waals surface area (Å²) in [6.45, 7) is 4.32. The number of hydrogen-bond acceptors (Lipinski definition) is 2. The van der Waals surface area contributed by atoms with E-state index in [2.05, 4.69) is 23.6 Å². The van der Waals surface area contributed by atoms with E-state index < -0.39 is 0 Å². The fourth-order valence-electron chi connectivity index (χ4n) is 5.61. The zero-order valence-corrected chi connectivity index (χ0v) is 14.7. The van der Waals surface area contributed by atoms with Gasteiger partial charge in [0.2, 0.25) is 0 Å². The van der Waals surface area contributed by atoms with E-state index in [1.54, 1.807) is 0 Å². The molecule has 0 radical (unpaired) electrons. The maximum atomic E-state index is 12.4. The molecule has 4 heteroatoms. The van der Waals surface area contributed by atoms with Gasteiger partial charge in [-0.05, 0) is 87.3 Å². The summed E-state index contributed by atoms with van der Waals surface area (Å²) in [6, 6.07) is 5.91. The average Bonchev–Trinajstić information content (AvgIpc) is 2.49. The molecule has 130 valence electrons. The maximum Gasteiger partial charge on any atom is 0.317 e. The molecular weight excluding hydrogens is 300 g/mol. The molecule has 1 aromatic rings. The lowest BCUT2D eigenvalue weighted by Gasteiger charge is -2.56. The molecule has 4 aliphatic carbocycles. The summed E-state index contributed by atoms with van der Waals surface area (Å²) in [5.41, 5.74) is 2.38. The maximum absolute atomic E-state index is 12.4. The Balaban J connectivity index is 1.30. The molecule has 24 heavy (non-hydrogen) atoms. The first kappa shape index (κ1) is 15.8. The molecule has 2 N–H and O–H groups in total. The van der Waals surface area contributed by atoms with E-state index >= 15 is 0 Å². The molecule has 0 unspecified atom stereocenters. The Morgan fingerprint density at radius 3 is 2.38 bits per heavy atom. The summed E-state index contributed by atoms with van der Waals surface area (Å²) in [5, 5.41) is 6.19. The van der Waals surface area contributed by atoms with Crippen molar-refractivity contribution in [3.8, 4) is 5.75 Å². The fourth-order valence-corrected chi connectivity index (χ4v) is 5.61. The number of ether oxygens (including phenoxy) is 1. The highest BCUT2D eigenvalue weighted by Crippen LogP contribution is 2.55. The summed E-state index contributed by atoms with van der Waals surface area (Å²) < 4.78 is 5.74. The first-order chi connectivity index (χ1) is 11.5. The van der Waals surface area contributed by atoms with Gasteiger partial charge in [0.25, 0.3) is 0 Å². The van der Waals surface area contributed by atoms with Gasteiger partial charge in [0.1, 0.15) is 5.75 Å². The quantitative estimate of drug-likeness (QED) is 0.823. The number of amides is 2. The zero-order chi connectivity index (χ0) is 16.7. The molecule has 0 aliphatic heterocycles. The SMILES string of the molecule is Cc1cccc(OCNC(=O)NC23CC4CC(CC(C4)C2)C3)c1C. The second kappa shape index (κ2) is 5.98. The van der Waals surface area contributed by atoms with Crippen LogP contribution in [-0.2, 0) is 0 Å². The van der Waals surface area contributed by atoms with Crippen LogP contribution < -0.4 is 15.4 Å². The standard InChI is InChI=1S/C20H28N2O2/c1-13-4-3-5-18(14(13)2)24-12-21-19(23)22-20-9-15-6-16(10-20)8-17(7-15)11-20/h3-5,15-17H,6-12H2,1-2H3,(H2,21,22,23). The molecule has 0 spiro atoms. The molecule has 4 nitrogen and oxygen atoms in total. The van der Waals surface area contributed by atoms with Gasteiger partial charge in [-0.3, -0.25) is 0 Å². The lowest BCUT2D eigenvalue weighted by Crippen LogP contribution is -2.61. The second-order valence-corrected chi connectivity index (χ2v) is 8.32. The molecule has 0 heterocycles. The van der Waals surface area contributed by atoms with Crippen molar-refractivity contribution in [3.63, 3.8) is 0 Å². The number of carbonyl (C=O) groups excluding carboxylic acids is 1. The van der Waals surface area contributed by atoms with Crippen molar-refractivity contribution in [1.29, 1.82) is 0 Å². The van der Waals surface area contributed by atoms with Crippen LogP contribution in [0, 0.1) is 31.6 Å². The van der Waals surface area contributed by atoms with Gasteiger partial charge in [-0.1, -0.05) is 12.1 Å². The van der Waals surface area contributed by atoms with E-state index in [1.807, 2.05) is 19.1 Å². The van der Waals surface area contributed by atoms with Crippen LogP contribution in [0.4, 0.5) is 4.79 Å². The van der Waals surface area contributed by atoms with E-state index in [4.69, 9.17) is 4.74 Å². The molecule has 4 aliphatic rings. The average molecular weight is 328 g/mol. The Morgan fingerprint density at radius 2 is 1.75 bits per heavy atom. The number of aryl methyl sites for hydroxylation is 1. The Kier molecular flexibility index (Phi) is 3.93. The third-order valence-corrected chi connectivity index (χ3v) is 6.43. The predicted molar refractivity (Wildman–Crippen MR) is 94.0 cm³/mol. The Labute approximate surface area is 144 Å². The van der Waals surface area contributed by atoms with Gasteiger partial charge in [-0.2, -0.15) is 0 Å². The Morgan fingerprint density at radius 1 is 1.12 bits per heavy atom. The van der Waals surface area contributed by atoms with Crippen molar-refractivity contribution in [2.75, 3.05) is 6.73 Å². The lowest BCUT2D eigenvalue weighted by molar-refractivity contribution is -0.0137.